The monoisotopic (exact) mass is 487 g/mol. The van der Waals surface area contributed by atoms with Gasteiger partial charge in [-0.15, -0.1) is 0 Å². The third-order valence-electron chi connectivity index (χ3n) is 4.86. The van der Waals surface area contributed by atoms with Gasteiger partial charge in [-0.05, 0) is 49.7 Å². The van der Waals surface area contributed by atoms with E-state index in [-0.39, 0.29) is 0 Å². The maximum Gasteiger partial charge on any atom is 0.160 e. The summed E-state index contributed by atoms with van der Waals surface area (Å²) in [5.41, 5.74) is 5.22. The number of aromatic nitrogens is 6. The van der Waals surface area contributed by atoms with Gasteiger partial charge in [0.1, 0.15) is 48.3 Å². The Morgan fingerprint density at radius 2 is 1.64 bits per heavy atom. The molecule has 0 amide bonds. The van der Waals surface area contributed by atoms with E-state index < -0.39 is 0 Å². The third kappa shape index (κ3) is 6.23. The number of aryl methyl sites for hydroxylation is 3. The van der Waals surface area contributed by atoms with Gasteiger partial charge >= 0.3 is 0 Å². The molecule has 0 fully saturated rings. The highest BCUT2D eigenvalue weighted by molar-refractivity contribution is 5.86. The Morgan fingerprint density at radius 1 is 0.889 bits per heavy atom. The lowest BCUT2D eigenvalue weighted by atomic mass is 10.2. The van der Waals surface area contributed by atoms with Gasteiger partial charge in [0.25, 0.3) is 0 Å². The number of anilines is 2. The maximum absolute atomic E-state index is 8.00. The molecule has 5 rings (SSSR count). The summed E-state index contributed by atoms with van der Waals surface area (Å²) in [5.74, 6) is 2.84. The molecule has 3 aromatic heterocycles. The minimum Gasteiger partial charge on any atom is -0.457 e. The standard InChI is InChI=1S/C22H19N7O.C2H6.2CH2O/c1-13-8-15(28-22-21-18(24-11-25-22)10-23-14(2)27-21)4-7-20(13)30-16-5-6-19-17(9-16)26-12-29(19)3;3*1-2/h4-12H,1-3H3,(H,24,25,28);1-2H3;2*1H2. The molecule has 0 saturated heterocycles. The zero-order chi connectivity index (χ0) is 26.7. The van der Waals surface area contributed by atoms with E-state index in [1.165, 1.54) is 6.33 Å². The molecule has 0 radical (unpaired) electrons. The van der Waals surface area contributed by atoms with Crippen LogP contribution in [0, 0.1) is 13.8 Å². The predicted molar refractivity (Wildman–Crippen MR) is 141 cm³/mol. The first kappa shape index (κ1) is 27.5. The molecule has 0 aliphatic heterocycles. The van der Waals surface area contributed by atoms with Crippen molar-refractivity contribution in [3.63, 3.8) is 0 Å². The first-order chi connectivity index (χ1) is 17.6. The summed E-state index contributed by atoms with van der Waals surface area (Å²) in [5, 5.41) is 3.32. The number of carbonyl (C=O) groups is 2. The van der Waals surface area contributed by atoms with E-state index in [0.29, 0.717) is 22.7 Å². The van der Waals surface area contributed by atoms with E-state index in [1.54, 1.807) is 12.5 Å². The number of rotatable bonds is 4. The van der Waals surface area contributed by atoms with Crippen LogP contribution in [0.3, 0.4) is 0 Å². The molecule has 36 heavy (non-hydrogen) atoms. The van der Waals surface area contributed by atoms with Crippen LogP contribution in [0.5, 0.6) is 11.5 Å². The Labute approximate surface area is 209 Å². The zero-order valence-corrected chi connectivity index (χ0v) is 21.0. The molecule has 0 atom stereocenters. The molecule has 0 aliphatic rings. The number of imidazole rings is 1. The molecule has 1 N–H and O–H groups in total. The minimum absolute atomic E-state index is 0.638. The molecular formula is C26H29N7O3. The van der Waals surface area contributed by atoms with Crippen LogP contribution in [-0.2, 0) is 16.6 Å². The number of nitrogens with zero attached hydrogens (tertiary/aromatic N) is 6. The number of fused-ring (bicyclic) bond motifs is 2. The lowest BCUT2D eigenvalue weighted by Gasteiger charge is -2.12. The average Bonchev–Trinajstić information content (AvgIpc) is 3.29. The van der Waals surface area contributed by atoms with Crippen LogP contribution in [0.4, 0.5) is 11.5 Å². The van der Waals surface area contributed by atoms with Gasteiger partial charge in [-0.2, -0.15) is 0 Å². The van der Waals surface area contributed by atoms with E-state index in [0.717, 1.165) is 33.8 Å². The van der Waals surface area contributed by atoms with E-state index in [1.807, 2.05) is 89.3 Å². The third-order valence-corrected chi connectivity index (χ3v) is 4.86. The van der Waals surface area contributed by atoms with Gasteiger partial charge in [0.05, 0.1) is 23.6 Å². The molecule has 10 heteroatoms. The van der Waals surface area contributed by atoms with Crippen molar-refractivity contribution in [2.45, 2.75) is 27.7 Å². The summed E-state index contributed by atoms with van der Waals surface area (Å²) in [6.07, 6.45) is 5.00. The van der Waals surface area contributed by atoms with Crippen molar-refractivity contribution in [2.24, 2.45) is 7.05 Å². The summed E-state index contributed by atoms with van der Waals surface area (Å²) in [4.78, 5) is 37.6. The highest BCUT2D eigenvalue weighted by Gasteiger charge is 2.09. The second-order valence-electron chi connectivity index (χ2n) is 7.09. The number of nitrogens with one attached hydrogen (secondary N) is 1. The van der Waals surface area contributed by atoms with Gasteiger partial charge < -0.3 is 24.2 Å². The van der Waals surface area contributed by atoms with Gasteiger partial charge in [0.2, 0.25) is 0 Å². The van der Waals surface area contributed by atoms with E-state index >= 15 is 0 Å². The number of benzene rings is 2. The number of carbonyl (C=O) groups excluding carboxylic acids is 2. The second kappa shape index (κ2) is 13.2. The fourth-order valence-corrected chi connectivity index (χ4v) is 3.32. The SMILES string of the molecule is C=O.C=O.CC.Cc1ncc2ncnc(Nc3ccc(Oc4ccc5c(c4)ncn5C)c(C)c3)c2n1. The quantitative estimate of drug-likeness (QED) is 0.368. The van der Waals surface area contributed by atoms with Crippen molar-refractivity contribution < 1.29 is 14.3 Å². The number of hydrogen-bond acceptors (Lipinski definition) is 9. The van der Waals surface area contributed by atoms with Gasteiger partial charge in [-0.1, -0.05) is 13.8 Å². The molecule has 5 aromatic rings. The first-order valence-corrected chi connectivity index (χ1v) is 11.1. The fourth-order valence-electron chi connectivity index (χ4n) is 3.32. The smallest absolute Gasteiger partial charge is 0.160 e. The molecule has 3 heterocycles. The number of hydrogen-bond donors (Lipinski definition) is 1. The van der Waals surface area contributed by atoms with Crippen LogP contribution in [-0.4, -0.2) is 43.1 Å². The Hall–Kier alpha value is -4.73. The Balaban J connectivity index is 0.000000710. The largest absolute Gasteiger partial charge is 0.457 e. The molecule has 10 nitrogen and oxygen atoms in total. The van der Waals surface area contributed by atoms with Crippen molar-refractivity contribution in [3.05, 3.63) is 66.6 Å². The normalized spacial score (nSPS) is 9.69. The van der Waals surface area contributed by atoms with E-state index in [4.69, 9.17) is 14.3 Å². The van der Waals surface area contributed by atoms with Crippen molar-refractivity contribution in [2.75, 3.05) is 5.32 Å². The highest BCUT2D eigenvalue weighted by Crippen LogP contribution is 2.30. The van der Waals surface area contributed by atoms with Gasteiger partial charge in [0, 0.05) is 18.8 Å². The summed E-state index contributed by atoms with van der Waals surface area (Å²) in [7, 11) is 1.97. The van der Waals surface area contributed by atoms with Crippen molar-refractivity contribution in [1.82, 2.24) is 29.5 Å². The van der Waals surface area contributed by atoms with Gasteiger partial charge in [0.15, 0.2) is 5.82 Å². The van der Waals surface area contributed by atoms with Crippen LogP contribution < -0.4 is 10.1 Å². The van der Waals surface area contributed by atoms with Gasteiger partial charge in [-0.3, -0.25) is 0 Å². The lowest BCUT2D eigenvalue weighted by molar-refractivity contribution is -0.0987. The van der Waals surface area contributed by atoms with Crippen molar-refractivity contribution in [1.29, 1.82) is 0 Å². The minimum atomic E-state index is 0.638. The maximum atomic E-state index is 8.00. The summed E-state index contributed by atoms with van der Waals surface area (Å²) < 4.78 is 8.07. The fraction of sp³-hybridized carbons (Fsp3) is 0.192. The van der Waals surface area contributed by atoms with Gasteiger partial charge in [-0.25, -0.2) is 24.9 Å². The summed E-state index contributed by atoms with van der Waals surface area (Å²) >= 11 is 0. The summed E-state index contributed by atoms with van der Waals surface area (Å²) in [6.45, 7) is 11.8. The lowest BCUT2D eigenvalue weighted by Crippen LogP contribution is -2.00. The Morgan fingerprint density at radius 3 is 2.36 bits per heavy atom. The molecule has 0 aliphatic carbocycles. The van der Waals surface area contributed by atoms with Crippen molar-refractivity contribution in [3.8, 4) is 11.5 Å². The topological polar surface area (TPSA) is 125 Å². The van der Waals surface area contributed by atoms with E-state index in [9.17, 15) is 0 Å². The average molecular weight is 488 g/mol. The first-order valence-electron chi connectivity index (χ1n) is 11.1. The van der Waals surface area contributed by atoms with E-state index in [2.05, 4.69) is 30.2 Å². The molecule has 0 bridgehead atoms. The summed E-state index contributed by atoms with van der Waals surface area (Å²) in [6, 6.07) is 11.8. The van der Waals surface area contributed by atoms with Crippen LogP contribution in [0.1, 0.15) is 25.2 Å². The Kier molecular flexibility index (Phi) is 10.1. The Bertz CT molecular complexity index is 1430. The second-order valence-corrected chi connectivity index (χ2v) is 7.09. The molecule has 0 spiro atoms. The predicted octanol–water partition coefficient (Wildman–Crippen LogP) is 5.12. The molecular weight excluding hydrogens is 458 g/mol. The van der Waals surface area contributed by atoms with Crippen LogP contribution in [0.2, 0.25) is 0 Å². The molecule has 2 aromatic carbocycles. The molecule has 186 valence electrons. The van der Waals surface area contributed by atoms with Crippen LogP contribution >= 0.6 is 0 Å². The van der Waals surface area contributed by atoms with Crippen molar-refractivity contribution >= 4 is 47.2 Å². The van der Waals surface area contributed by atoms with Crippen LogP contribution in [0.15, 0.2) is 55.2 Å². The zero-order valence-electron chi connectivity index (χ0n) is 21.0. The molecule has 0 unspecified atom stereocenters. The molecule has 0 saturated carbocycles. The van der Waals surface area contributed by atoms with Crippen LogP contribution in [0.25, 0.3) is 22.1 Å². The number of ether oxygens (including phenoxy) is 1. The highest BCUT2D eigenvalue weighted by atomic mass is 16.5.